The molecule has 2 amide bonds. The Morgan fingerprint density at radius 1 is 1.10 bits per heavy atom. The van der Waals surface area contributed by atoms with E-state index in [2.05, 4.69) is 38.3 Å². The maximum absolute atomic E-state index is 12.0. The maximum atomic E-state index is 12.0. The minimum atomic E-state index is -0.407. The van der Waals surface area contributed by atoms with Crippen molar-refractivity contribution in [1.82, 2.24) is 15.5 Å². The maximum Gasteiger partial charge on any atom is 0.244 e. The third-order valence-electron chi connectivity index (χ3n) is 2.91. The van der Waals surface area contributed by atoms with Crippen LogP contribution >= 0.6 is 0 Å². The predicted octanol–water partition coefficient (Wildman–Crippen LogP) is 1.38. The summed E-state index contributed by atoms with van der Waals surface area (Å²) in [5, 5.41) is 6.13. The number of nitrogens with one attached hydrogen (secondary N) is 2. The molecule has 0 aromatic carbocycles. The number of carbonyl (C=O) groups is 2. The van der Waals surface area contributed by atoms with Crippen LogP contribution in [0, 0.1) is 5.92 Å². The summed E-state index contributed by atoms with van der Waals surface area (Å²) in [6, 6.07) is 0.0256. The largest absolute Gasteiger partial charge is 0.347 e. The molecule has 0 bridgehead atoms. The summed E-state index contributed by atoms with van der Waals surface area (Å²) >= 11 is 0. The van der Waals surface area contributed by atoms with Gasteiger partial charge < -0.3 is 15.5 Å². The average Bonchev–Trinajstić information content (AvgIpc) is 2.32. The Morgan fingerprint density at radius 3 is 2.15 bits per heavy atom. The van der Waals surface area contributed by atoms with E-state index >= 15 is 0 Å². The van der Waals surface area contributed by atoms with Crippen molar-refractivity contribution < 1.29 is 9.59 Å². The third-order valence-corrected chi connectivity index (χ3v) is 2.91. The number of likely N-dealkylation sites (N-methyl/N-ethyl adjacent to an activating group) is 1. The molecule has 0 aromatic heterocycles. The van der Waals surface area contributed by atoms with Gasteiger partial charge in [0.15, 0.2) is 0 Å². The van der Waals surface area contributed by atoms with Crippen molar-refractivity contribution >= 4 is 11.8 Å². The first-order valence-electron chi connectivity index (χ1n) is 7.48. The first-order chi connectivity index (χ1) is 9.23. The third kappa shape index (κ3) is 8.91. The van der Waals surface area contributed by atoms with Crippen LogP contribution in [0.2, 0.25) is 0 Å². The van der Waals surface area contributed by atoms with Crippen LogP contribution in [0.4, 0.5) is 0 Å². The molecule has 0 fully saturated rings. The number of hydrogen-bond donors (Lipinski definition) is 2. The Bertz CT molecular complexity index is 301. The lowest BCUT2D eigenvalue weighted by atomic mass is 10.0. The molecule has 0 spiro atoms. The van der Waals surface area contributed by atoms with Crippen LogP contribution in [0.25, 0.3) is 0 Å². The van der Waals surface area contributed by atoms with Crippen molar-refractivity contribution in [3.05, 3.63) is 0 Å². The fourth-order valence-electron chi connectivity index (χ4n) is 1.91. The summed E-state index contributed by atoms with van der Waals surface area (Å²) < 4.78 is 0. The first kappa shape index (κ1) is 18.9. The van der Waals surface area contributed by atoms with E-state index in [9.17, 15) is 9.59 Å². The van der Waals surface area contributed by atoms with Crippen molar-refractivity contribution in [2.75, 3.05) is 20.6 Å². The Balaban J connectivity index is 4.22. The van der Waals surface area contributed by atoms with Gasteiger partial charge >= 0.3 is 0 Å². The van der Waals surface area contributed by atoms with Crippen LogP contribution in [0.3, 0.4) is 0 Å². The Kier molecular flexibility index (Phi) is 9.21. The van der Waals surface area contributed by atoms with Gasteiger partial charge in [-0.2, -0.15) is 0 Å². The minimum Gasteiger partial charge on any atom is -0.347 e. The molecule has 0 aliphatic carbocycles. The van der Waals surface area contributed by atoms with Crippen molar-refractivity contribution in [2.45, 2.75) is 59.0 Å². The molecule has 0 aromatic rings. The smallest absolute Gasteiger partial charge is 0.244 e. The second-order valence-electron chi connectivity index (χ2n) is 6.19. The van der Waals surface area contributed by atoms with Gasteiger partial charge in [0, 0.05) is 26.6 Å². The van der Waals surface area contributed by atoms with Gasteiger partial charge in [-0.3, -0.25) is 9.59 Å². The standard InChI is InChI=1S/C15H31N3O2/c1-11(2)10-13(15(20)18(5)6)17-14(19)8-7-9-16-12(3)4/h11-13,16H,7-10H2,1-6H3,(H,17,19). The molecule has 118 valence electrons. The zero-order chi connectivity index (χ0) is 15.7. The number of hydrogen-bond acceptors (Lipinski definition) is 3. The minimum absolute atomic E-state index is 0.0349. The molecule has 5 heteroatoms. The number of carbonyl (C=O) groups excluding carboxylic acids is 2. The van der Waals surface area contributed by atoms with Gasteiger partial charge in [0.1, 0.15) is 6.04 Å². The Morgan fingerprint density at radius 2 is 1.70 bits per heavy atom. The Hall–Kier alpha value is -1.10. The fraction of sp³-hybridized carbons (Fsp3) is 0.867. The molecular formula is C15H31N3O2. The van der Waals surface area contributed by atoms with Gasteiger partial charge in [-0.05, 0) is 25.3 Å². The van der Waals surface area contributed by atoms with E-state index < -0.39 is 6.04 Å². The van der Waals surface area contributed by atoms with Crippen LogP contribution in [0.1, 0.15) is 47.0 Å². The normalized spacial score (nSPS) is 12.6. The highest BCUT2D eigenvalue weighted by Crippen LogP contribution is 2.07. The van der Waals surface area contributed by atoms with Crippen molar-refractivity contribution in [3.8, 4) is 0 Å². The highest BCUT2D eigenvalue weighted by atomic mass is 16.2. The zero-order valence-electron chi connectivity index (χ0n) is 13.8. The second kappa shape index (κ2) is 9.75. The van der Waals surface area contributed by atoms with E-state index in [1.807, 2.05) is 0 Å². The molecule has 0 rings (SSSR count). The summed E-state index contributed by atoms with van der Waals surface area (Å²) in [5.74, 6) is 0.288. The second-order valence-corrected chi connectivity index (χ2v) is 6.19. The average molecular weight is 285 g/mol. The van der Waals surface area contributed by atoms with Gasteiger partial charge in [-0.1, -0.05) is 27.7 Å². The molecule has 1 atom stereocenters. The van der Waals surface area contributed by atoms with Crippen molar-refractivity contribution in [2.24, 2.45) is 5.92 Å². The van der Waals surface area contributed by atoms with Crippen LogP contribution in [-0.4, -0.2) is 49.4 Å². The SMILES string of the molecule is CC(C)CC(NC(=O)CCCNC(C)C)C(=O)N(C)C. The van der Waals surface area contributed by atoms with Crippen LogP contribution in [0.5, 0.6) is 0 Å². The molecule has 2 N–H and O–H groups in total. The summed E-state index contributed by atoms with van der Waals surface area (Å²) in [7, 11) is 3.43. The van der Waals surface area contributed by atoms with Crippen molar-refractivity contribution in [3.63, 3.8) is 0 Å². The van der Waals surface area contributed by atoms with Gasteiger partial charge in [0.05, 0.1) is 0 Å². The first-order valence-corrected chi connectivity index (χ1v) is 7.48. The molecule has 0 saturated carbocycles. The lowest BCUT2D eigenvalue weighted by Crippen LogP contribution is -2.47. The zero-order valence-corrected chi connectivity index (χ0v) is 13.8. The molecular weight excluding hydrogens is 254 g/mol. The summed E-state index contributed by atoms with van der Waals surface area (Å²) in [6.45, 7) is 9.08. The van der Waals surface area contributed by atoms with E-state index in [0.717, 1.165) is 13.0 Å². The Labute approximate surface area is 123 Å². The monoisotopic (exact) mass is 285 g/mol. The molecule has 0 radical (unpaired) electrons. The van der Waals surface area contributed by atoms with Gasteiger partial charge in [-0.15, -0.1) is 0 Å². The molecule has 20 heavy (non-hydrogen) atoms. The lowest BCUT2D eigenvalue weighted by Gasteiger charge is -2.23. The van der Waals surface area contributed by atoms with Gasteiger partial charge in [-0.25, -0.2) is 0 Å². The predicted molar refractivity (Wildman–Crippen MR) is 82.5 cm³/mol. The summed E-state index contributed by atoms with van der Waals surface area (Å²) in [6.07, 6.45) is 1.91. The number of amides is 2. The number of rotatable bonds is 9. The molecule has 0 saturated heterocycles. The highest BCUT2D eigenvalue weighted by molar-refractivity contribution is 5.87. The molecule has 0 heterocycles. The van der Waals surface area contributed by atoms with Gasteiger partial charge in [0.2, 0.25) is 11.8 Å². The van der Waals surface area contributed by atoms with E-state index in [0.29, 0.717) is 24.8 Å². The highest BCUT2D eigenvalue weighted by Gasteiger charge is 2.22. The quantitative estimate of drug-likeness (QED) is 0.629. The lowest BCUT2D eigenvalue weighted by molar-refractivity contribution is -0.134. The van der Waals surface area contributed by atoms with Gasteiger partial charge in [0.25, 0.3) is 0 Å². The van der Waals surface area contributed by atoms with Crippen LogP contribution in [-0.2, 0) is 9.59 Å². The molecule has 0 aliphatic heterocycles. The van der Waals surface area contributed by atoms with Crippen LogP contribution in [0.15, 0.2) is 0 Å². The molecule has 5 nitrogen and oxygen atoms in total. The van der Waals surface area contributed by atoms with E-state index in [1.54, 1.807) is 14.1 Å². The summed E-state index contributed by atoms with van der Waals surface area (Å²) in [4.78, 5) is 25.5. The fourth-order valence-corrected chi connectivity index (χ4v) is 1.91. The molecule has 0 aliphatic rings. The topological polar surface area (TPSA) is 61.4 Å². The van der Waals surface area contributed by atoms with E-state index in [1.165, 1.54) is 4.90 Å². The van der Waals surface area contributed by atoms with E-state index in [-0.39, 0.29) is 11.8 Å². The summed E-state index contributed by atoms with van der Waals surface area (Å²) in [5.41, 5.74) is 0. The molecule has 1 unspecified atom stereocenters. The van der Waals surface area contributed by atoms with Crippen LogP contribution < -0.4 is 10.6 Å². The van der Waals surface area contributed by atoms with E-state index in [4.69, 9.17) is 0 Å². The van der Waals surface area contributed by atoms with Crippen molar-refractivity contribution in [1.29, 1.82) is 0 Å². The number of nitrogens with zero attached hydrogens (tertiary/aromatic N) is 1.